The molecule has 6 heteroatoms. The molecule has 2 unspecified atom stereocenters. The molecule has 1 aliphatic heterocycles. The predicted molar refractivity (Wildman–Crippen MR) is 66.9 cm³/mol. The minimum Gasteiger partial charge on any atom is -0.393 e. The highest BCUT2D eigenvalue weighted by molar-refractivity contribution is 5.99. The highest BCUT2D eigenvalue weighted by Gasteiger charge is 2.15. The van der Waals surface area contributed by atoms with Gasteiger partial charge in [0.15, 0.2) is 5.84 Å². The summed E-state index contributed by atoms with van der Waals surface area (Å²) in [6.45, 7) is 3.68. The number of hydrazone groups is 1. The van der Waals surface area contributed by atoms with Gasteiger partial charge in [-0.2, -0.15) is 0 Å². The summed E-state index contributed by atoms with van der Waals surface area (Å²) in [4.78, 5) is 0. The lowest BCUT2D eigenvalue weighted by Crippen LogP contribution is -2.35. The number of aliphatic hydroxyl groups excluding tert-OH is 1. The lowest BCUT2D eigenvalue weighted by atomic mass is 9.96. The van der Waals surface area contributed by atoms with Crippen LogP contribution in [-0.4, -0.2) is 17.0 Å². The Kier molecular flexibility index (Phi) is 3.78. The number of aliphatic hydroxyl groups is 1. The monoisotopic (exact) mass is 252 g/mol. The summed E-state index contributed by atoms with van der Waals surface area (Å²) in [5.74, 6) is 0.185. The lowest BCUT2D eigenvalue weighted by molar-refractivity contribution is 0.135. The maximum absolute atomic E-state index is 13.9. The van der Waals surface area contributed by atoms with Crippen LogP contribution in [0.4, 0.5) is 4.39 Å². The molecule has 1 heterocycles. The zero-order valence-corrected chi connectivity index (χ0v) is 10.4. The molecule has 0 spiro atoms. The third-order valence-corrected chi connectivity index (χ3v) is 3.07. The molecule has 1 aromatic carbocycles. The molecule has 0 bridgehead atoms. The molecule has 2 atom stereocenters. The molecule has 1 aromatic rings. The smallest absolute Gasteiger partial charge is 0.173 e. The number of nitrogens with one attached hydrogen (secondary N) is 3. The van der Waals surface area contributed by atoms with Crippen LogP contribution in [0.15, 0.2) is 23.3 Å². The minimum atomic E-state index is -0.401. The number of rotatable bonds is 4. The quantitative estimate of drug-likeness (QED) is 0.635. The van der Waals surface area contributed by atoms with E-state index in [-0.39, 0.29) is 11.7 Å². The first-order valence-corrected chi connectivity index (χ1v) is 5.88. The van der Waals surface area contributed by atoms with Crippen LogP contribution in [0.1, 0.15) is 25.0 Å². The minimum absolute atomic E-state index is 0.0977. The second-order valence-electron chi connectivity index (χ2n) is 4.56. The second kappa shape index (κ2) is 5.32. The first-order valence-electron chi connectivity index (χ1n) is 5.88. The first kappa shape index (κ1) is 12.8. The van der Waals surface area contributed by atoms with Gasteiger partial charge in [-0.1, -0.05) is 13.0 Å². The molecule has 5 nitrogen and oxygen atoms in total. The van der Waals surface area contributed by atoms with E-state index in [4.69, 9.17) is 0 Å². The van der Waals surface area contributed by atoms with Crippen molar-refractivity contribution < 1.29 is 9.50 Å². The Morgan fingerprint density at radius 3 is 2.72 bits per heavy atom. The average Bonchev–Trinajstić information content (AvgIpc) is 2.82. The Balaban J connectivity index is 2.14. The van der Waals surface area contributed by atoms with E-state index in [2.05, 4.69) is 21.6 Å². The van der Waals surface area contributed by atoms with Crippen LogP contribution < -0.4 is 16.5 Å². The van der Waals surface area contributed by atoms with E-state index in [9.17, 15) is 9.50 Å². The van der Waals surface area contributed by atoms with Gasteiger partial charge in [-0.15, -0.1) is 10.6 Å². The summed E-state index contributed by atoms with van der Waals surface area (Å²) in [7, 11) is 0. The van der Waals surface area contributed by atoms with Crippen molar-refractivity contribution in [3.63, 3.8) is 0 Å². The van der Waals surface area contributed by atoms with Crippen molar-refractivity contribution in [2.75, 3.05) is 0 Å². The van der Waals surface area contributed by atoms with E-state index in [0.717, 1.165) is 5.56 Å². The van der Waals surface area contributed by atoms with Crippen LogP contribution >= 0.6 is 0 Å². The van der Waals surface area contributed by atoms with Gasteiger partial charge in [-0.05, 0) is 37.0 Å². The molecule has 2 rings (SSSR count). The van der Waals surface area contributed by atoms with Crippen molar-refractivity contribution in [2.45, 2.75) is 26.4 Å². The topological polar surface area (TPSA) is 68.7 Å². The molecular formula is C12H17FN4O. The number of nitrogens with zero attached hydrogens (tertiary/aromatic N) is 1. The highest BCUT2D eigenvalue weighted by Crippen LogP contribution is 2.16. The average molecular weight is 252 g/mol. The standard InChI is InChI=1S/C12H17FN4O/c1-7(8(2)18)5-9-3-4-10(11(13)6-9)12-14-16-17-15-12/h3-4,6-8,16-18H,5H2,1-2H3,(H,14,15). The summed E-state index contributed by atoms with van der Waals surface area (Å²) in [5, 5.41) is 13.3. The fraction of sp³-hybridized carbons (Fsp3) is 0.417. The maximum atomic E-state index is 13.9. The SMILES string of the molecule is CC(O)C(C)Cc1ccc(C2=NNNN2)c(F)c1. The van der Waals surface area contributed by atoms with Crippen molar-refractivity contribution in [1.82, 2.24) is 16.5 Å². The van der Waals surface area contributed by atoms with E-state index >= 15 is 0 Å². The van der Waals surface area contributed by atoms with Crippen molar-refractivity contribution in [3.8, 4) is 0 Å². The number of halogens is 1. The van der Waals surface area contributed by atoms with E-state index in [1.54, 1.807) is 13.0 Å². The molecule has 0 fully saturated rings. The van der Waals surface area contributed by atoms with Gasteiger partial charge in [-0.25, -0.2) is 9.93 Å². The first-order chi connectivity index (χ1) is 8.58. The van der Waals surface area contributed by atoms with Crippen molar-refractivity contribution in [2.24, 2.45) is 11.0 Å². The third kappa shape index (κ3) is 2.77. The van der Waals surface area contributed by atoms with Gasteiger partial charge in [0.1, 0.15) is 5.82 Å². The Bertz CT molecular complexity index is 461. The zero-order chi connectivity index (χ0) is 13.1. The summed E-state index contributed by atoms with van der Waals surface area (Å²) in [5.41, 5.74) is 9.01. The Labute approximate surface area is 105 Å². The number of benzene rings is 1. The van der Waals surface area contributed by atoms with Crippen molar-refractivity contribution in [3.05, 3.63) is 35.1 Å². The Morgan fingerprint density at radius 1 is 1.39 bits per heavy atom. The predicted octanol–water partition coefficient (Wildman–Crippen LogP) is 0.659. The molecule has 0 aliphatic carbocycles. The summed E-state index contributed by atoms with van der Waals surface area (Å²) in [6.07, 6.45) is 0.243. The van der Waals surface area contributed by atoms with Gasteiger partial charge >= 0.3 is 0 Å². The number of hydrogen-bond donors (Lipinski definition) is 4. The van der Waals surface area contributed by atoms with Crippen LogP contribution in [0, 0.1) is 11.7 Å². The molecular weight excluding hydrogens is 235 g/mol. The van der Waals surface area contributed by atoms with Crippen molar-refractivity contribution in [1.29, 1.82) is 0 Å². The van der Waals surface area contributed by atoms with E-state index in [1.807, 2.05) is 13.0 Å². The van der Waals surface area contributed by atoms with E-state index in [0.29, 0.717) is 17.8 Å². The van der Waals surface area contributed by atoms with Gasteiger partial charge < -0.3 is 5.11 Å². The zero-order valence-electron chi connectivity index (χ0n) is 10.4. The molecule has 1 aliphatic rings. The van der Waals surface area contributed by atoms with Crippen LogP contribution in [0.5, 0.6) is 0 Å². The largest absolute Gasteiger partial charge is 0.393 e. The normalized spacial score (nSPS) is 17.7. The van der Waals surface area contributed by atoms with Gasteiger partial charge in [0.25, 0.3) is 0 Å². The lowest BCUT2D eigenvalue weighted by Gasteiger charge is -2.14. The molecule has 4 N–H and O–H groups in total. The summed E-state index contributed by atoms with van der Waals surface area (Å²) in [6, 6.07) is 5.01. The summed E-state index contributed by atoms with van der Waals surface area (Å²) >= 11 is 0. The third-order valence-electron chi connectivity index (χ3n) is 3.07. The van der Waals surface area contributed by atoms with Crippen LogP contribution in [-0.2, 0) is 6.42 Å². The molecule has 18 heavy (non-hydrogen) atoms. The Hall–Kier alpha value is -1.66. The second-order valence-corrected chi connectivity index (χ2v) is 4.56. The van der Waals surface area contributed by atoms with Crippen LogP contribution in [0.25, 0.3) is 0 Å². The van der Waals surface area contributed by atoms with Crippen molar-refractivity contribution >= 4 is 5.84 Å². The van der Waals surface area contributed by atoms with Gasteiger partial charge in [-0.3, -0.25) is 5.43 Å². The van der Waals surface area contributed by atoms with Gasteiger partial charge in [0, 0.05) is 0 Å². The van der Waals surface area contributed by atoms with Crippen LogP contribution in [0.2, 0.25) is 0 Å². The molecule has 0 saturated heterocycles. The molecule has 0 radical (unpaired) electrons. The van der Waals surface area contributed by atoms with Crippen LogP contribution in [0.3, 0.4) is 0 Å². The molecule has 0 aromatic heterocycles. The number of amidine groups is 1. The number of hydrogen-bond acceptors (Lipinski definition) is 5. The fourth-order valence-corrected chi connectivity index (χ4v) is 1.75. The van der Waals surface area contributed by atoms with E-state index < -0.39 is 6.10 Å². The molecule has 0 amide bonds. The van der Waals surface area contributed by atoms with Gasteiger partial charge in [0.2, 0.25) is 0 Å². The van der Waals surface area contributed by atoms with E-state index in [1.165, 1.54) is 6.07 Å². The Morgan fingerprint density at radius 2 is 2.17 bits per heavy atom. The molecule has 98 valence electrons. The fourth-order valence-electron chi connectivity index (χ4n) is 1.75. The molecule has 0 saturated carbocycles. The highest BCUT2D eigenvalue weighted by atomic mass is 19.1. The number of hydrazine groups is 2. The van der Waals surface area contributed by atoms with Gasteiger partial charge in [0.05, 0.1) is 11.7 Å². The summed E-state index contributed by atoms with van der Waals surface area (Å²) < 4.78 is 13.9. The maximum Gasteiger partial charge on any atom is 0.173 e.